The highest BCUT2D eigenvalue weighted by Gasteiger charge is 2.10. The lowest BCUT2D eigenvalue weighted by Crippen LogP contribution is -2.27. The van der Waals surface area contributed by atoms with Gasteiger partial charge in [-0.15, -0.1) is 0 Å². The van der Waals surface area contributed by atoms with E-state index in [0.717, 1.165) is 5.69 Å². The molecule has 1 N–H and O–H groups in total. The van der Waals surface area contributed by atoms with Gasteiger partial charge >= 0.3 is 0 Å². The van der Waals surface area contributed by atoms with Gasteiger partial charge in [-0.3, -0.25) is 4.79 Å². The first-order valence-corrected chi connectivity index (χ1v) is 6.96. The van der Waals surface area contributed by atoms with Crippen molar-refractivity contribution in [2.45, 2.75) is 6.42 Å². The number of hydrogen-bond donors (Lipinski definition) is 1. The van der Waals surface area contributed by atoms with E-state index in [1.807, 2.05) is 30.3 Å². The Morgan fingerprint density at radius 1 is 1.24 bits per heavy atom. The molecule has 0 spiro atoms. The SMILES string of the molecule is CN(C(=O)CCNc1ccc(F)c(Cl)c1)c1ccccc1. The van der Waals surface area contributed by atoms with Crippen LogP contribution in [0.1, 0.15) is 6.42 Å². The van der Waals surface area contributed by atoms with Crippen molar-refractivity contribution in [1.29, 1.82) is 0 Å². The molecule has 0 radical (unpaired) electrons. The third kappa shape index (κ3) is 4.20. The fourth-order valence-corrected chi connectivity index (χ4v) is 2.06. The van der Waals surface area contributed by atoms with E-state index in [4.69, 9.17) is 11.6 Å². The van der Waals surface area contributed by atoms with Gasteiger partial charge in [-0.2, -0.15) is 0 Å². The molecule has 2 rings (SSSR count). The summed E-state index contributed by atoms with van der Waals surface area (Å²) in [5.74, 6) is -0.455. The van der Waals surface area contributed by atoms with Crippen molar-refractivity contribution in [2.75, 3.05) is 23.8 Å². The monoisotopic (exact) mass is 306 g/mol. The average molecular weight is 307 g/mol. The molecule has 3 nitrogen and oxygen atoms in total. The van der Waals surface area contributed by atoms with Crippen LogP contribution in [-0.4, -0.2) is 19.5 Å². The number of carbonyl (C=O) groups is 1. The third-order valence-electron chi connectivity index (χ3n) is 3.11. The summed E-state index contributed by atoms with van der Waals surface area (Å²) in [6.45, 7) is 0.456. The Kier molecular flexibility index (Phi) is 5.17. The van der Waals surface area contributed by atoms with Crippen LogP contribution in [0.3, 0.4) is 0 Å². The Hall–Kier alpha value is -2.07. The summed E-state index contributed by atoms with van der Waals surface area (Å²) in [5.41, 5.74) is 1.55. The van der Waals surface area contributed by atoms with Gasteiger partial charge in [0.1, 0.15) is 5.82 Å². The molecule has 0 bridgehead atoms. The zero-order chi connectivity index (χ0) is 15.2. The number of anilines is 2. The van der Waals surface area contributed by atoms with E-state index in [-0.39, 0.29) is 10.9 Å². The minimum Gasteiger partial charge on any atom is -0.384 e. The fourth-order valence-electron chi connectivity index (χ4n) is 1.88. The maximum absolute atomic E-state index is 13.0. The lowest BCUT2D eigenvalue weighted by molar-refractivity contribution is -0.118. The normalized spacial score (nSPS) is 10.2. The van der Waals surface area contributed by atoms with Crippen molar-refractivity contribution in [3.05, 3.63) is 59.4 Å². The van der Waals surface area contributed by atoms with E-state index in [9.17, 15) is 9.18 Å². The van der Waals surface area contributed by atoms with Crippen LogP contribution in [-0.2, 0) is 4.79 Å². The van der Waals surface area contributed by atoms with Crippen molar-refractivity contribution in [2.24, 2.45) is 0 Å². The minimum atomic E-state index is -0.456. The molecule has 2 aromatic carbocycles. The first-order valence-electron chi connectivity index (χ1n) is 6.58. The Labute approximate surface area is 128 Å². The van der Waals surface area contributed by atoms with E-state index < -0.39 is 5.82 Å². The van der Waals surface area contributed by atoms with Crippen LogP contribution in [0.5, 0.6) is 0 Å². The van der Waals surface area contributed by atoms with Gasteiger partial charge in [-0.1, -0.05) is 29.8 Å². The van der Waals surface area contributed by atoms with E-state index in [2.05, 4.69) is 5.32 Å². The largest absolute Gasteiger partial charge is 0.384 e. The molecule has 2 aromatic rings. The van der Waals surface area contributed by atoms with E-state index in [1.54, 1.807) is 18.0 Å². The summed E-state index contributed by atoms with van der Waals surface area (Å²) in [7, 11) is 1.74. The van der Waals surface area contributed by atoms with Crippen LogP contribution >= 0.6 is 11.6 Å². The second-order valence-electron chi connectivity index (χ2n) is 4.59. The lowest BCUT2D eigenvalue weighted by atomic mass is 10.2. The molecule has 0 aromatic heterocycles. The summed E-state index contributed by atoms with van der Waals surface area (Å²) < 4.78 is 13.0. The van der Waals surface area contributed by atoms with Crippen molar-refractivity contribution in [3.8, 4) is 0 Å². The number of para-hydroxylation sites is 1. The lowest BCUT2D eigenvalue weighted by Gasteiger charge is -2.17. The Morgan fingerprint density at radius 3 is 2.62 bits per heavy atom. The first-order chi connectivity index (χ1) is 10.1. The highest BCUT2D eigenvalue weighted by Crippen LogP contribution is 2.19. The van der Waals surface area contributed by atoms with Crippen molar-refractivity contribution >= 4 is 28.9 Å². The number of halogens is 2. The van der Waals surface area contributed by atoms with E-state index in [1.165, 1.54) is 12.1 Å². The maximum atomic E-state index is 13.0. The van der Waals surface area contributed by atoms with Gasteiger partial charge in [0, 0.05) is 31.4 Å². The minimum absolute atomic E-state index is 0.00177. The summed E-state index contributed by atoms with van der Waals surface area (Å²) in [5, 5.41) is 3.11. The van der Waals surface area contributed by atoms with Crippen LogP contribution in [0.15, 0.2) is 48.5 Å². The zero-order valence-corrected chi connectivity index (χ0v) is 12.4. The quantitative estimate of drug-likeness (QED) is 0.907. The van der Waals surface area contributed by atoms with Crippen LogP contribution in [0.2, 0.25) is 5.02 Å². The highest BCUT2D eigenvalue weighted by atomic mass is 35.5. The van der Waals surface area contributed by atoms with Crippen molar-refractivity contribution < 1.29 is 9.18 Å². The molecule has 0 heterocycles. The molecule has 0 unspecified atom stereocenters. The van der Waals surface area contributed by atoms with Gasteiger partial charge in [0.25, 0.3) is 0 Å². The van der Waals surface area contributed by atoms with Gasteiger partial charge in [0.05, 0.1) is 5.02 Å². The maximum Gasteiger partial charge on any atom is 0.228 e. The number of amides is 1. The number of carbonyl (C=O) groups excluding carboxylic acids is 1. The Bertz CT molecular complexity index is 619. The Morgan fingerprint density at radius 2 is 1.95 bits per heavy atom. The first kappa shape index (κ1) is 15.3. The van der Waals surface area contributed by atoms with Crippen LogP contribution < -0.4 is 10.2 Å². The molecule has 0 saturated heterocycles. The van der Waals surface area contributed by atoms with Gasteiger partial charge in [0.2, 0.25) is 5.91 Å². The molecule has 21 heavy (non-hydrogen) atoms. The smallest absolute Gasteiger partial charge is 0.228 e. The summed E-state index contributed by atoms with van der Waals surface area (Å²) in [6, 6.07) is 13.8. The molecule has 0 atom stereocenters. The Balaban J connectivity index is 1.85. The molecular formula is C16H16ClFN2O. The van der Waals surface area contributed by atoms with Gasteiger partial charge in [-0.25, -0.2) is 4.39 Å². The third-order valence-corrected chi connectivity index (χ3v) is 3.39. The number of nitrogens with one attached hydrogen (secondary N) is 1. The van der Waals surface area contributed by atoms with Crippen molar-refractivity contribution in [3.63, 3.8) is 0 Å². The van der Waals surface area contributed by atoms with Gasteiger partial charge in [0.15, 0.2) is 0 Å². The second kappa shape index (κ2) is 7.09. The van der Waals surface area contributed by atoms with Gasteiger partial charge < -0.3 is 10.2 Å². The summed E-state index contributed by atoms with van der Waals surface area (Å²) in [4.78, 5) is 13.7. The standard InChI is InChI=1S/C16H16ClFN2O/c1-20(13-5-3-2-4-6-13)16(21)9-10-19-12-7-8-15(18)14(17)11-12/h2-8,11,19H,9-10H2,1H3. The molecule has 1 amide bonds. The van der Waals surface area contributed by atoms with E-state index in [0.29, 0.717) is 18.7 Å². The zero-order valence-electron chi connectivity index (χ0n) is 11.6. The number of nitrogens with zero attached hydrogens (tertiary/aromatic N) is 1. The molecule has 0 saturated carbocycles. The molecule has 0 aliphatic carbocycles. The van der Waals surface area contributed by atoms with Crippen LogP contribution in [0.25, 0.3) is 0 Å². The molecular weight excluding hydrogens is 291 g/mol. The van der Waals surface area contributed by atoms with Gasteiger partial charge in [-0.05, 0) is 30.3 Å². The predicted molar refractivity (Wildman–Crippen MR) is 84.4 cm³/mol. The molecule has 0 aliphatic heterocycles. The molecule has 0 fully saturated rings. The number of hydrogen-bond acceptors (Lipinski definition) is 2. The molecule has 0 aliphatic rings. The van der Waals surface area contributed by atoms with Crippen molar-refractivity contribution in [1.82, 2.24) is 0 Å². The van der Waals surface area contributed by atoms with Crippen LogP contribution in [0, 0.1) is 5.82 Å². The molecule has 5 heteroatoms. The average Bonchev–Trinajstić information content (AvgIpc) is 2.51. The number of rotatable bonds is 5. The molecule has 110 valence electrons. The van der Waals surface area contributed by atoms with Crippen LogP contribution in [0.4, 0.5) is 15.8 Å². The summed E-state index contributed by atoms with van der Waals surface area (Å²) >= 11 is 5.70. The number of benzene rings is 2. The topological polar surface area (TPSA) is 32.3 Å². The predicted octanol–water partition coefficient (Wildman–Crippen LogP) is 3.94. The fraction of sp³-hybridized carbons (Fsp3) is 0.188. The summed E-state index contributed by atoms with van der Waals surface area (Å²) in [6.07, 6.45) is 0.334. The van der Waals surface area contributed by atoms with E-state index >= 15 is 0 Å². The second-order valence-corrected chi connectivity index (χ2v) is 5.00. The highest BCUT2D eigenvalue weighted by molar-refractivity contribution is 6.31.